The average molecular weight is 1020 g/mol. The van der Waals surface area contributed by atoms with E-state index in [0.29, 0.717) is 0 Å². The zero-order valence-corrected chi connectivity index (χ0v) is 44.3. The molecule has 378 valence electrons. The predicted octanol–water partition coefficient (Wildman–Crippen LogP) is 21.0. The van der Waals surface area contributed by atoms with Crippen LogP contribution in [0.3, 0.4) is 0 Å². The lowest BCUT2D eigenvalue weighted by Gasteiger charge is -2.36. The number of furan rings is 2. The van der Waals surface area contributed by atoms with Crippen LogP contribution in [0.2, 0.25) is 0 Å². The molecule has 0 radical (unpaired) electrons. The summed E-state index contributed by atoms with van der Waals surface area (Å²) in [4.78, 5) is 4.93. The van der Waals surface area contributed by atoms with Gasteiger partial charge in [-0.3, -0.25) is 0 Å². The molecule has 0 amide bonds. The summed E-state index contributed by atoms with van der Waals surface area (Å²) in [5, 5.41) is 9.03. The van der Waals surface area contributed by atoms with E-state index in [4.69, 9.17) is 8.83 Å². The van der Waals surface area contributed by atoms with E-state index in [0.717, 1.165) is 114 Å². The van der Waals surface area contributed by atoms with Crippen LogP contribution >= 0.6 is 0 Å². The van der Waals surface area contributed by atoms with E-state index in [1.807, 2.05) is 0 Å². The standard InChI is InChI=1S/C75H56N2O2/c1-3-21-49-39-43-53(44-40-49)76(65-35-19-33-61-57-29-15-17-37-69(57)78-73(61)65)67-47-63-71(59-31-13-11-27-55(59)67)72-60-32-14-12-28-56(60)68(48-64(72)75(63,51-23-7-5-8-24-51)52-25-9-6-10-26-52)77(54-45-41-50(22-4-2)42-46-54)66-36-20-34-62-58-30-16-18-38-70(58)79-74(62)66/h5-20,23-48H,3-4,21-22H2,1-2H3. The molecule has 2 aromatic heterocycles. The van der Waals surface area contributed by atoms with Gasteiger partial charge in [-0.25, -0.2) is 0 Å². The Hall–Kier alpha value is -9.64. The summed E-state index contributed by atoms with van der Waals surface area (Å²) in [6.45, 7) is 4.50. The summed E-state index contributed by atoms with van der Waals surface area (Å²) >= 11 is 0. The summed E-state index contributed by atoms with van der Waals surface area (Å²) in [6.07, 6.45) is 4.18. The van der Waals surface area contributed by atoms with Gasteiger partial charge in [0.05, 0.1) is 28.2 Å². The van der Waals surface area contributed by atoms with E-state index < -0.39 is 5.41 Å². The SMILES string of the molecule is CCCc1ccc(N(c2cc3c(c4ccccc24)-c2c(cc(N(c4ccc(CCC)cc4)c4cccc5c4oc4ccccc45)c4ccccc24)C3(c2ccccc2)c2ccccc2)c2cccc3c2oc2ccccc23)cc1. The maximum absolute atomic E-state index is 6.97. The lowest BCUT2D eigenvalue weighted by Crippen LogP contribution is -2.29. The van der Waals surface area contributed by atoms with Gasteiger partial charge in [-0.05, 0) is 129 Å². The molecular formula is C75H56N2O2. The quantitative estimate of drug-likeness (QED) is 0.122. The highest BCUT2D eigenvalue weighted by Gasteiger charge is 2.49. The molecule has 0 saturated heterocycles. The monoisotopic (exact) mass is 1020 g/mol. The van der Waals surface area contributed by atoms with E-state index in [1.165, 1.54) is 55.3 Å². The minimum absolute atomic E-state index is 0.811. The van der Waals surface area contributed by atoms with Crippen LogP contribution in [-0.4, -0.2) is 0 Å². The van der Waals surface area contributed by atoms with Crippen molar-refractivity contribution in [2.24, 2.45) is 0 Å². The fourth-order valence-electron chi connectivity index (χ4n) is 13.4. The molecule has 0 bridgehead atoms. The molecule has 12 aromatic carbocycles. The van der Waals surface area contributed by atoms with Gasteiger partial charge in [0.25, 0.3) is 0 Å². The van der Waals surface area contributed by atoms with Crippen molar-refractivity contribution in [3.8, 4) is 11.1 Å². The van der Waals surface area contributed by atoms with Crippen molar-refractivity contribution < 1.29 is 8.83 Å². The predicted molar refractivity (Wildman–Crippen MR) is 331 cm³/mol. The smallest absolute Gasteiger partial charge is 0.159 e. The number of nitrogens with zero attached hydrogens (tertiary/aromatic N) is 2. The number of aryl methyl sites for hydroxylation is 2. The fraction of sp³-hybridized carbons (Fsp3) is 0.0933. The molecule has 4 nitrogen and oxygen atoms in total. The van der Waals surface area contributed by atoms with Gasteiger partial charge in [-0.15, -0.1) is 0 Å². The summed E-state index contributed by atoms with van der Waals surface area (Å²) in [5.41, 5.74) is 18.8. The first-order chi connectivity index (χ1) is 39.1. The van der Waals surface area contributed by atoms with Crippen molar-refractivity contribution in [1.82, 2.24) is 0 Å². The molecule has 0 fully saturated rings. The van der Waals surface area contributed by atoms with Crippen molar-refractivity contribution in [2.75, 3.05) is 9.80 Å². The van der Waals surface area contributed by atoms with Gasteiger partial charge in [0.1, 0.15) is 11.2 Å². The third kappa shape index (κ3) is 7.21. The van der Waals surface area contributed by atoms with Crippen LogP contribution in [0.25, 0.3) is 76.5 Å². The normalized spacial score (nSPS) is 12.7. The molecule has 14 aromatic rings. The van der Waals surface area contributed by atoms with Crippen molar-refractivity contribution in [1.29, 1.82) is 0 Å². The van der Waals surface area contributed by atoms with E-state index >= 15 is 0 Å². The van der Waals surface area contributed by atoms with E-state index in [2.05, 4.69) is 278 Å². The molecule has 0 saturated carbocycles. The van der Waals surface area contributed by atoms with Crippen LogP contribution in [0.15, 0.2) is 264 Å². The lowest BCUT2D eigenvalue weighted by atomic mass is 9.67. The number of anilines is 6. The third-order valence-electron chi connectivity index (χ3n) is 16.7. The second-order valence-electron chi connectivity index (χ2n) is 21.2. The van der Waals surface area contributed by atoms with Gasteiger partial charge < -0.3 is 18.6 Å². The maximum atomic E-state index is 6.97. The fourth-order valence-corrected chi connectivity index (χ4v) is 13.4. The molecule has 15 rings (SSSR count). The first-order valence-electron chi connectivity index (χ1n) is 27.9. The Kier molecular flexibility index (Phi) is 11.1. The Morgan fingerprint density at radius 2 is 0.671 bits per heavy atom. The van der Waals surface area contributed by atoms with Gasteiger partial charge in [-0.1, -0.05) is 221 Å². The van der Waals surface area contributed by atoms with Crippen LogP contribution in [0, 0.1) is 0 Å². The average Bonchev–Trinajstić information content (AvgIpc) is 2.49. The van der Waals surface area contributed by atoms with Gasteiger partial charge >= 0.3 is 0 Å². The Balaban J connectivity index is 1.09. The van der Waals surface area contributed by atoms with Gasteiger partial charge in [-0.2, -0.15) is 0 Å². The number of benzene rings is 12. The molecule has 2 heterocycles. The number of hydrogen-bond donors (Lipinski definition) is 0. The number of para-hydroxylation sites is 4. The first-order valence-corrected chi connectivity index (χ1v) is 27.9. The lowest BCUT2D eigenvalue weighted by molar-refractivity contribution is 0.669. The summed E-state index contributed by atoms with van der Waals surface area (Å²) in [6, 6.07) is 94.2. The molecule has 0 N–H and O–H groups in total. The molecule has 79 heavy (non-hydrogen) atoms. The van der Waals surface area contributed by atoms with E-state index in [1.54, 1.807) is 0 Å². The van der Waals surface area contributed by atoms with Crippen LogP contribution in [-0.2, 0) is 18.3 Å². The molecule has 1 aliphatic carbocycles. The number of rotatable bonds is 12. The molecule has 0 aliphatic heterocycles. The van der Waals surface area contributed by atoms with E-state index in [-0.39, 0.29) is 0 Å². The van der Waals surface area contributed by atoms with Crippen molar-refractivity contribution in [3.05, 3.63) is 288 Å². The summed E-state index contributed by atoms with van der Waals surface area (Å²) < 4.78 is 13.9. The Bertz CT molecular complexity index is 4330. The minimum Gasteiger partial charge on any atom is -0.454 e. The van der Waals surface area contributed by atoms with Gasteiger partial charge in [0.15, 0.2) is 11.2 Å². The largest absolute Gasteiger partial charge is 0.454 e. The van der Waals surface area contributed by atoms with Crippen molar-refractivity contribution in [2.45, 2.75) is 44.9 Å². The third-order valence-corrected chi connectivity index (χ3v) is 16.7. The highest BCUT2D eigenvalue weighted by atomic mass is 16.3. The number of hydrogen-bond acceptors (Lipinski definition) is 4. The van der Waals surface area contributed by atoms with Gasteiger partial charge in [0, 0.05) is 43.7 Å². The maximum Gasteiger partial charge on any atom is 0.159 e. The topological polar surface area (TPSA) is 32.8 Å². The number of fused-ring (bicyclic) bond motifs is 13. The molecular weight excluding hydrogens is 961 g/mol. The zero-order chi connectivity index (χ0) is 52.6. The Labute approximate surface area is 460 Å². The first kappa shape index (κ1) is 46.6. The molecule has 0 spiro atoms. The summed E-state index contributed by atoms with van der Waals surface area (Å²) in [7, 11) is 0. The van der Waals surface area contributed by atoms with Crippen molar-refractivity contribution >= 4 is 99.5 Å². The molecule has 1 aliphatic rings. The highest BCUT2D eigenvalue weighted by molar-refractivity contribution is 6.20. The minimum atomic E-state index is -0.811. The highest BCUT2D eigenvalue weighted by Crippen LogP contribution is 2.63. The Morgan fingerprint density at radius 3 is 1.08 bits per heavy atom. The zero-order valence-electron chi connectivity index (χ0n) is 44.3. The van der Waals surface area contributed by atoms with Crippen LogP contribution < -0.4 is 9.80 Å². The Morgan fingerprint density at radius 1 is 0.316 bits per heavy atom. The van der Waals surface area contributed by atoms with Crippen molar-refractivity contribution in [3.63, 3.8) is 0 Å². The summed E-state index contributed by atoms with van der Waals surface area (Å²) in [5.74, 6) is 0. The van der Waals surface area contributed by atoms with Crippen LogP contribution in [0.5, 0.6) is 0 Å². The van der Waals surface area contributed by atoms with Gasteiger partial charge in [0.2, 0.25) is 0 Å². The second kappa shape index (κ2) is 18.8. The van der Waals surface area contributed by atoms with E-state index in [9.17, 15) is 0 Å². The molecule has 0 unspecified atom stereocenters. The molecule has 0 atom stereocenters. The molecule has 4 heteroatoms. The van der Waals surface area contributed by atoms with Crippen LogP contribution in [0.1, 0.15) is 60.1 Å². The van der Waals surface area contributed by atoms with Crippen LogP contribution in [0.4, 0.5) is 34.1 Å². The second-order valence-corrected chi connectivity index (χ2v) is 21.2.